The van der Waals surface area contributed by atoms with E-state index in [0.717, 1.165) is 10.9 Å². The molecule has 27 heavy (non-hydrogen) atoms. The SMILES string of the molecule is COC(=O)c1ccccc1NC(=O)COC(=O)c1cn(C)c2ccccc12. The number of carbonyl (C=O) groups excluding carboxylic acids is 3. The van der Waals surface area contributed by atoms with Gasteiger partial charge < -0.3 is 19.4 Å². The Kier molecular flexibility index (Phi) is 5.21. The molecule has 0 aliphatic rings. The molecule has 3 rings (SSSR count). The van der Waals surface area contributed by atoms with Gasteiger partial charge >= 0.3 is 11.9 Å². The van der Waals surface area contributed by atoms with Crippen LogP contribution in [0.2, 0.25) is 0 Å². The Labute approximate surface area is 155 Å². The fourth-order valence-electron chi connectivity index (χ4n) is 2.78. The van der Waals surface area contributed by atoms with E-state index in [1.165, 1.54) is 13.2 Å². The van der Waals surface area contributed by atoms with Crippen molar-refractivity contribution in [3.05, 3.63) is 65.9 Å². The monoisotopic (exact) mass is 366 g/mol. The third-order valence-corrected chi connectivity index (χ3v) is 4.06. The first kappa shape index (κ1) is 18.2. The van der Waals surface area contributed by atoms with Gasteiger partial charge in [0.1, 0.15) is 0 Å². The third kappa shape index (κ3) is 3.82. The molecule has 0 aliphatic heterocycles. The second-order valence-corrected chi connectivity index (χ2v) is 5.83. The summed E-state index contributed by atoms with van der Waals surface area (Å²) in [7, 11) is 3.09. The fraction of sp³-hybridized carbons (Fsp3) is 0.150. The zero-order chi connectivity index (χ0) is 19.4. The Hall–Kier alpha value is -3.61. The van der Waals surface area contributed by atoms with Gasteiger partial charge in [0.15, 0.2) is 6.61 Å². The molecule has 1 N–H and O–H groups in total. The molecule has 0 radical (unpaired) electrons. The molecule has 0 saturated heterocycles. The number of anilines is 1. The Balaban J connectivity index is 1.68. The number of aryl methyl sites for hydroxylation is 1. The zero-order valence-electron chi connectivity index (χ0n) is 14.9. The van der Waals surface area contributed by atoms with Crippen LogP contribution in [0.15, 0.2) is 54.7 Å². The standard InChI is InChI=1S/C20H18N2O5/c1-22-11-15(13-7-4-6-10-17(13)22)20(25)27-12-18(23)21-16-9-5-3-8-14(16)19(24)26-2/h3-11H,12H2,1-2H3,(H,21,23). The summed E-state index contributed by atoms with van der Waals surface area (Å²) >= 11 is 0. The molecule has 0 unspecified atom stereocenters. The molecule has 0 aliphatic carbocycles. The molecule has 0 fully saturated rings. The van der Waals surface area contributed by atoms with Crippen molar-refractivity contribution in [3.63, 3.8) is 0 Å². The van der Waals surface area contributed by atoms with E-state index in [0.29, 0.717) is 5.56 Å². The number of para-hydroxylation sites is 2. The first-order valence-electron chi connectivity index (χ1n) is 8.19. The summed E-state index contributed by atoms with van der Waals surface area (Å²) in [5.41, 5.74) is 1.78. The van der Waals surface area contributed by atoms with E-state index in [1.807, 2.05) is 35.9 Å². The van der Waals surface area contributed by atoms with Gasteiger partial charge in [0.05, 0.1) is 23.9 Å². The normalized spacial score (nSPS) is 10.4. The maximum atomic E-state index is 12.4. The van der Waals surface area contributed by atoms with Gasteiger partial charge in [-0.1, -0.05) is 30.3 Å². The van der Waals surface area contributed by atoms with Crippen LogP contribution in [-0.4, -0.2) is 36.1 Å². The summed E-state index contributed by atoms with van der Waals surface area (Å²) in [5, 5.41) is 3.30. The first-order chi connectivity index (χ1) is 13.0. The van der Waals surface area contributed by atoms with Gasteiger partial charge in [-0.2, -0.15) is 0 Å². The highest BCUT2D eigenvalue weighted by molar-refractivity contribution is 6.06. The smallest absolute Gasteiger partial charge is 0.340 e. The molecule has 0 atom stereocenters. The predicted octanol–water partition coefficient (Wildman–Crippen LogP) is 2.76. The van der Waals surface area contributed by atoms with Crippen LogP contribution >= 0.6 is 0 Å². The van der Waals surface area contributed by atoms with Crippen molar-refractivity contribution in [1.82, 2.24) is 4.57 Å². The number of nitrogens with one attached hydrogen (secondary N) is 1. The van der Waals surface area contributed by atoms with E-state index in [9.17, 15) is 14.4 Å². The Morgan fingerprint density at radius 2 is 1.67 bits per heavy atom. The summed E-state index contributed by atoms with van der Waals surface area (Å²) < 4.78 is 11.6. The van der Waals surface area contributed by atoms with Crippen molar-refractivity contribution in [1.29, 1.82) is 0 Å². The van der Waals surface area contributed by atoms with Gasteiger partial charge in [-0.25, -0.2) is 9.59 Å². The highest BCUT2D eigenvalue weighted by Gasteiger charge is 2.17. The van der Waals surface area contributed by atoms with Gasteiger partial charge in [0.2, 0.25) is 0 Å². The highest BCUT2D eigenvalue weighted by Crippen LogP contribution is 2.21. The van der Waals surface area contributed by atoms with Crippen molar-refractivity contribution < 1.29 is 23.9 Å². The van der Waals surface area contributed by atoms with E-state index < -0.39 is 24.5 Å². The number of ether oxygens (including phenoxy) is 2. The van der Waals surface area contributed by atoms with Crippen molar-refractivity contribution >= 4 is 34.4 Å². The molecule has 7 heteroatoms. The number of rotatable bonds is 5. The lowest BCUT2D eigenvalue weighted by Gasteiger charge is -2.09. The molecule has 3 aromatic rings. The molecule has 138 valence electrons. The number of fused-ring (bicyclic) bond motifs is 1. The summed E-state index contributed by atoms with van der Waals surface area (Å²) in [5.74, 6) is -1.72. The minimum absolute atomic E-state index is 0.216. The Bertz CT molecular complexity index is 1020. The van der Waals surface area contributed by atoms with E-state index in [1.54, 1.807) is 24.4 Å². The molecule has 1 heterocycles. The molecule has 0 bridgehead atoms. The number of benzene rings is 2. The number of aromatic nitrogens is 1. The lowest BCUT2D eigenvalue weighted by molar-refractivity contribution is -0.119. The van der Waals surface area contributed by atoms with Crippen LogP contribution in [0.5, 0.6) is 0 Å². The van der Waals surface area contributed by atoms with E-state index in [2.05, 4.69) is 10.1 Å². The van der Waals surface area contributed by atoms with Crippen LogP contribution in [0, 0.1) is 0 Å². The number of hydrogen-bond donors (Lipinski definition) is 1. The molecule has 1 amide bonds. The summed E-state index contributed by atoms with van der Waals surface area (Å²) in [4.78, 5) is 36.2. The lowest BCUT2D eigenvalue weighted by Crippen LogP contribution is -2.22. The molecule has 0 spiro atoms. The first-order valence-corrected chi connectivity index (χ1v) is 8.19. The number of hydrogen-bond acceptors (Lipinski definition) is 5. The van der Waals surface area contributed by atoms with Gasteiger partial charge in [-0.3, -0.25) is 4.79 Å². The van der Waals surface area contributed by atoms with Crippen LogP contribution < -0.4 is 5.32 Å². The maximum absolute atomic E-state index is 12.4. The summed E-state index contributed by atoms with van der Waals surface area (Å²) in [6, 6.07) is 13.8. The molecule has 0 saturated carbocycles. The number of amides is 1. The van der Waals surface area contributed by atoms with Crippen LogP contribution in [0.4, 0.5) is 5.69 Å². The van der Waals surface area contributed by atoms with Crippen molar-refractivity contribution in [2.75, 3.05) is 19.0 Å². The minimum Gasteiger partial charge on any atom is -0.465 e. The molecular weight excluding hydrogens is 348 g/mol. The summed E-state index contributed by atoms with van der Waals surface area (Å²) in [6.45, 7) is -0.475. The quantitative estimate of drug-likeness (QED) is 0.702. The number of nitrogens with zero attached hydrogens (tertiary/aromatic N) is 1. The van der Waals surface area contributed by atoms with Crippen molar-refractivity contribution in [3.8, 4) is 0 Å². The molecule has 2 aromatic carbocycles. The average molecular weight is 366 g/mol. The molecular formula is C20H18N2O5. The van der Waals surface area contributed by atoms with Crippen LogP contribution in [0.25, 0.3) is 10.9 Å². The average Bonchev–Trinajstić information content (AvgIpc) is 3.03. The van der Waals surface area contributed by atoms with Crippen molar-refractivity contribution in [2.24, 2.45) is 7.05 Å². The van der Waals surface area contributed by atoms with Gasteiger partial charge in [-0.15, -0.1) is 0 Å². The highest BCUT2D eigenvalue weighted by atomic mass is 16.5. The Morgan fingerprint density at radius 3 is 2.44 bits per heavy atom. The second kappa shape index (κ2) is 7.74. The van der Waals surface area contributed by atoms with E-state index >= 15 is 0 Å². The van der Waals surface area contributed by atoms with E-state index in [-0.39, 0.29) is 11.3 Å². The van der Waals surface area contributed by atoms with Gasteiger partial charge in [0, 0.05) is 24.1 Å². The summed E-state index contributed by atoms with van der Waals surface area (Å²) in [6.07, 6.45) is 1.66. The minimum atomic E-state index is -0.594. The third-order valence-electron chi connectivity index (χ3n) is 4.06. The van der Waals surface area contributed by atoms with Crippen LogP contribution in [-0.2, 0) is 21.3 Å². The van der Waals surface area contributed by atoms with Gasteiger partial charge in [0.25, 0.3) is 5.91 Å². The van der Waals surface area contributed by atoms with E-state index in [4.69, 9.17) is 4.74 Å². The fourth-order valence-corrected chi connectivity index (χ4v) is 2.78. The van der Waals surface area contributed by atoms with Crippen LogP contribution in [0.3, 0.4) is 0 Å². The second-order valence-electron chi connectivity index (χ2n) is 5.83. The van der Waals surface area contributed by atoms with Crippen molar-refractivity contribution in [2.45, 2.75) is 0 Å². The molecule has 7 nitrogen and oxygen atoms in total. The number of methoxy groups -OCH3 is 1. The Morgan fingerprint density at radius 1 is 0.963 bits per heavy atom. The lowest BCUT2D eigenvalue weighted by atomic mass is 10.2. The van der Waals surface area contributed by atoms with Crippen LogP contribution in [0.1, 0.15) is 20.7 Å². The van der Waals surface area contributed by atoms with Gasteiger partial charge in [-0.05, 0) is 18.2 Å². The molecule has 1 aromatic heterocycles. The number of esters is 2. The predicted molar refractivity (Wildman–Crippen MR) is 99.6 cm³/mol. The zero-order valence-corrected chi connectivity index (χ0v) is 14.9. The number of carbonyl (C=O) groups is 3. The topological polar surface area (TPSA) is 86.6 Å². The largest absolute Gasteiger partial charge is 0.465 e. The maximum Gasteiger partial charge on any atom is 0.340 e.